The summed E-state index contributed by atoms with van der Waals surface area (Å²) < 4.78 is 0. The summed E-state index contributed by atoms with van der Waals surface area (Å²) in [5.74, 6) is -0.732. The zero-order valence-corrected chi connectivity index (χ0v) is 10.5. The molecule has 18 heavy (non-hydrogen) atoms. The average molecular weight is 247 g/mol. The summed E-state index contributed by atoms with van der Waals surface area (Å²) in [5, 5.41) is 9.12. The standard InChI is InChI=1S/C14H17NO3/c1-2-4-13(16)15-8-7-11-10(9-15)5-3-6-12(11)14(17)18/h3,5-6H,2,4,7-9H2,1H3,(H,17,18). The lowest BCUT2D eigenvalue weighted by Gasteiger charge is -2.29. The Morgan fingerprint density at radius 3 is 2.83 bits per heavy atom. The van der Waals surface area contributed by atoms with Crippen LogP contribution in [0, 0.1) is 0 Å². The van der Waals surface area contributed by atoms with Crippen molar-refractivity contribution in [3.05, 3.63) is 34.9 Å². The van der Waals surface area contributed by atoms with Gasteiger partial charge in [-0.25, -0.2) is 4.79 Å². The molecule has 0 atom stereocenters. The van der Waals surface area contributed by atoms with Crippen molar-refractivity contribution in [3.8, 4) is 0 Å². The molecule has 0 saturated carbocycles. The molecule has 0 unspecified atom stereocenters. The molecule has 1 aromatic rings. The van der Waals surface area contributed by atoms with E-state index < -0.39 is 5.97 Å². The fourth-order valence-corrected chi connectivity index (χ4v) is 2.39. The van der Waals surface area contributed by atoms with E-state index in [-0.39, 0.29) is 5.91 Å². The molecule has 0 fully saturated rings. The fourth-order valence-electron chi connectivity index (χ4n) is 2.39. The Hall–Kier alpha value is -1.84. The second-order valence-electron chi connectivity index (χ2n) is 4.56. The van der Waals surface area contributed by atoms with E-state index in [4.69, 9.17) is 5.11 Å². The zero-order chi connectivity index (χ0) is 13.1. The van der Waals surface area contributed by atoms with Crippen LogP contribution >= 0.6 is 0 Å². The minimum atomic E-state index is -0.889. The molecule has 0 spiro atoms. The second-order valence-corrected chi connectivity index (χ2v) is 4.56. The van der Waals surface area contributed by atoms with Crippen LogP contribution in [-0.4, -0.2) is 28.4 Å². The first kappa shape index (κ1) is 12.6. The van der Waals surface area contributed by atoms with Gasteiger partial charge in [-0.2, -0.15) is 0 Å². The summed E-state index contributed by atoms with van der Waals surface area (Å²) in [5.41, 5.74) is 2.21. The quantitative estimate of drug-likeness (QED) is 0.889. The van der Waals surface area contributed by atoms with Crippen LogP contribution in [0.15, 0.2) is 18.2 Å². The largest absolute Gasteiger partial charge is 0.478 e. The third-order valence-corrected chi connectivity index (χ3v) is 3.31. The first-order chi connectivity index (χ1) is 8.63. The Labute approximate surface area is 106 Å². The number of hydrogen-bond acceptors (Lipinski definition) is 2. The predicted octanol–water partition coefficient (Wildman–Crippen LogP) is 2.07. The molecule has 0 bridgehead atoms. The Balaban J connectivity index is 2.23. The lowest BCUT2D eigenvalue weighted by atomic mass is 9.94. The van der Waals surface area contributed by atoms with E-state index in [9.17, 15) is 9.59 Å². The van der Waals surface area contributed by atoms with Crippen LogP contribution in [0.3, 0.4) is 0 Å². The molecule has 0 aromatic heterocycles. The number of benzene rings is 1. The van der Waals surface area contributed by atoms with Gasteiger partial charge in [-0.05, 0) is 30.0 Å². The molecular formula is C14H17NO3. The molecule has 1 N–H and O–H groups in total. The summed E-state index contributed by atoms with van der Waals surface area (Å²) in [6.07, 6.45) is 2.04. The Bertz CT molecular complexity index is 482. The first-order valence-electron chi connectivity index (χ1n) is 6.25. The Morgan fingerprint density at radius 2 is 2.17 bits per heavy atom. The minimum Gasteiger partial charge on any atom is -0.478 e. The summed E-state index contributed by atoms with van der Waals surface area (Å²) >= 11 is 0. The molecule has 4 heteroatoms. The summed E-state index contributed by atoms with van der Waals surface area (Å²) in [6.45, 7) is 3.14. The van der Waals surface area contributed by atoms with E-state index in [0.29, 0.717) is 31.5 Å². The number of aromatic carboxylic acids is 1. The van der Waals surface area contributed by atoms with E-state index in [1.807, 2.05) is 17.9 Å². The molecule has 4 nitrogen and oxygen atoms in total. The molecule has 1 amide bonds. The first-order valence-corrected chi connectivity index (χ1v) is 6.25. The molecule has 1 heterocycles. The van der Waals surface area contributed by atoms with Crippen LogP contribution in [0.5, 0.6) is 0 Å². The number of rotatable bonds is 3. The molecule has 0 radical (unpaired) electrons. The fraction of sp³-hybridized carbons (Fsp3) is 0.429. The number of carboxylic acids is 1. The third-order valence-electron chi connectivity index (χ3n) is 3.31. The molecular weight excluding hydrogens is 230 g/mol. The van der Waals surface area contributed by atoms with Crippen LogP contribution < -0.4 is 0 Å². The van der Waals surface area contributed by atoms with E-state index >= 15 is 0 Å². The van der Waals surface area contributed by atoms with Gasteiger partial charge in [0.05, 0.1) is 5.56 Å². The van der Waals surface area contributed by atoms with Gasteiger partial charge in [-0.15, -0.1) is 0 Å². The maximum absolute atomic E-state index is 11.8. The van der Waals surface area contributed by atoms with Crippen molar-refractivity contribution in [2.75, 3.05) is 6.54 Å². The van der Waals surface area contributed by atoms with Gasteiger partial charge in [0.1, 0.15) is 0 Å². The van der Waals surface area contributed by atoms with Gasteiger partial charge in [-0.3, -0.25) is 4.79 Å². The summed E-state index contributed by atoms with van der Waals surface area (Å²) in [4.78, 5) is 24.8. The van der Waals surface area contributed by atoms with E-state index in [0.717, 1.165) is 17.5 Å². The molecule has 2 rings (SSSR count). The van der Waals surface area contributed by atoms with Gasteiger partial charge >= 0.3 is 5.97 Å². The maximum Gasteiger partial charge on any atom is 0.335 e. The van der Waals surface area contributed by atoms with Gasteiger partial charge in [0.15, 0.2) is 0 Å². The highest BCUT2D eigenvalue weighted by molar-refractivity contribution is 5.90. The van der Waals surface area contributed by atoms with Gasteiger partial charge < -0.3 is 10.0 Å². The van der Waals surface area contributed by atoms with Crippen molar-refractivity contribution < 1.29 is 14.7 Å². The third kappa shape index (κ3) is 2.37. The van der Waals surface area contributed by atoms with Crippen molar-refractivity contribution in [3.63, 3.8) is 0 Å². The van der Waals surface area contributed by atoms with Crippen LogP contribution in [0.2, 0.25) is 0 Å². The van der Waals surface area contributed by atoms with E-state index in [1.165, 1.54) is 0 Å². The van der Waals surface area contributed by atoms with Crippen molar-refractivity contribution in [2.24, 2.45) is 0 Å². The Kier molecular flexibility index (Phi) is 3.65. The molecule has 0 saturated heterocycles. The van der Waals surface area contributed by atoms with E-state index in [2.05, 4.69) is 0 Å². The van der Waals surface area contributed by atoms with Gasteiger partial charge in [-0.1, -0.05) is 19.1 Å². The highest BCUT2D eigenvalue weighted by Gasteiger charge is 2.23. The maximum atomic E-state index is 11.8. The monoisotopic (exact) mass is 247 g/mol. The molecule has 96 valence electrons. The average Bonchev–Trinajstić information content (AvgIpc) is 2.37. The molecule has 1 aromatic carbocycles. The summed E-state index contributed by atoms with van der Waals surface area (Å²) in [6, 6.07) is 5.29. The predicted molar refractivity (Wildman–Crippen MR) is 67.4 cm³/mol. The lowest BCUT2D eigenvalue weighted by Crippen LogP contribution is -2.36. The minimum absolute atomic E-state index is 0.156. The SMILES string of the molecule is CCCC(=O)N1CCc2c(cccc2C(=O)O)C1. The van der Waals surface area contributed by atoms with Crippen molar-refractivity contribution in [1.82, 2.24) is 4.90 Å². The van der Waals surface area contributed by atoms with Crippen LogP contribution in [0.4, 0.5) is 0 Å². The van der Waals surface area contributed by atoms with Crippen molar-refractivity contribution in [1.29, 1.82) is 0 Å². The van der Waals surface area contributed by atoms with E-state index in [1.54, 1.807) is 12.1 Å². The number of nitrogens with zero attached hydrogens (tertiary/aromatic N) is 1. The zero-order valence-electron chi connectivity index (χ0n) is 10.5. The van der Waals surface area contributed by atoms with Crippen LogP contribution in [-0.2, 0) is 17.8 Å². The topological polar surface area (TPSA) is 57.6 Å². The van der Waals surface area contributed by atoms with Gasteiger partial charge in [0.2, 0.25) is 5.91 Å². The normalized spacial score (nSPS) is 14.2. The second kappa shape index (κ2) is 5.21. The van der Waals surface area contributed by atoms with Gasteiger partial charge in [0, 0.05) is 19.5 Å². The highest BCUT2D eigenvalue weighted by Crippen LogP contribution is 2.23. The smallest absolute Gasteiger partial charge is 0.335 e. The Morgan fingerprint density at radius 1 is 1.39 bits per heavy atom. The molecule has 0 aliphatic carbocycles. The molecule has 1 aliphatic rings. The van der Waals surface area contributed by atoms with Crippen molar-refractivity contribution in [2.45, 2.75) is 32.7 Å². The number of carbonyl (C=O) groups excluding carboxylic acids is 1. The number of carboxylic acid groups (broad SMARTS) is 1. The highest BCUT2D eigenvalue weighted by atomic mass is 16.4. The van der Waals surface area contributed by atoms with Crippen LogP contribution in [0.25, 0.3) is 0 Å². The van der Waals surface area contributed by atoms with Crippen LogP contribution in [0.1, 0.15) is 41.3 Å². The van der Waals surface area contributed by atoms with Gasteiger partial charge in [0.25, 0.3) is 0 Å². The summed E-state index contributed by atoms with van der Waals surface area (Å²) in [7, 11) is 0. The number of hydrogen-bond donors (Lipinski definition) is 1. The number of carbonyl (C=O) groups is 2. The lowest BCUT2D eigenvalue weighted by molar-refractivity contribution is -0.132. The number of fused-ring (bicyclic) bond motifs is 1. The van der Waals surface area contributed by atoms with Crippen molar-refractivity contribution >= 4 is 11.9 Å². The molecule has 1 aliphatic heterocycles. The number of amides is 1.